The van der Waals surface area contributed by atoms with Crippen molar-refractivity contribution in [1.29, 1.82) is 0 Å². The van der Waals surface area contributed by atoms with Gasteiger partial charge in [0.05, 0.1) is 18.4 Å². The molecule has 0 aromatic heterocycles. The Bertz CT molecular complexity index is 391. The first-order chi connectivity index (χ1) is 6.99. The topological polar surface area (TPSA) is 55.6 Å². The molecule has 15 heavy (non-hydrogen) atoms. The number of carbonyl (C=O) groups is 1. The maximum atomic E-state index is 11.9. The monoisotopic (exact) mass is 272 g/mol. The lowest BCUT2D eigenvalue weighted by molar-refractivity contribution is 0.0823. The van der Waals surface area contributed by atoms with Gasteiger partial charge in [-0.1, -0.05) is 0 Å². The minimum atomic E-state index is -0.147. The van der Waals surface area contributed by atoms with Gasteiger partial charge in [0.2, 0.25) is 0 Å². The van der Waals surface area contributed by atoms with Crippen LogP contribution in [0.3, 0.4) is 0 Å². The average Bonchev–Trinajstić information content (AvgIpc) is 2.19. The Labute approximate surface area is 97.1 Å². The zero-order chi connectivity index (χ0) is 11.6. The number of anilines is 1. The fourth-order valence-electron chi connectivity index (χ4n) is 1.22. The highest BCUT2D eigenvalue weighted by molar-refractivity contribution is 9.10. The fourth-order valence-corrected chi connectivity index (χ4v) is 1.70. The molecule has 0 atom stereocenters. The van der Waals surface area contributed by atoms with E-state index in [1.165, 1.54) is 12.0 Å². The summed E-state index contributed by atoms with van der Waals surface area (Å²) in [5.74, 6) is 0.258. The van der Waals surface area contributed by atoms with Gasteiger partial charge in [-0.3, -0.25) is 4.79 Å². The number of hydrogen-bond acceptors (Lipinski definition) is 3. The molecule has 82 valence electrons. The average molecular weight is 273 g/mol. The van der Waals surface area contributed by atoms with Gasteiger partial charge in [-0.15, -0.1) is 0 Å². The van der Waals surface area contributed by atoms with Gasteiger partial charge in [-0.2, -0.15) is 0 Å². The summed E-state index contributed by atoms with van der Waals surface area (Å²) in [4.78, 5) is 13.3. The van der Waals surface area contributed by atoms with Crippen molar-refractivity contribution in [3.8, 4) is 5.75 Å². The summed E-state index contributed by atoms with van der Waals surface area (Å²) in [6, 6.07) is 3.42. The van der Waals surface area contributed by atoms with Crippen LogP contribution in [0.5, 0.6) is 5.75 Å². The number of nitrogen functional groups attached to an aromatic ring is 1. The van der Waals surface area contributed by atoms with Gasteiger partial charge >= 0.3 is 0 Å². The standard InChI is InChI=1S/C10H13BrN2O2/c1-13(2)10(14)8-6(11)4-5-7(12)9(8)15-3/h4-5H,12H2,1-3H3. The molecule has 0 aliphatic heterocycles. The summed E-state index contributed by atoms with van der Waals surface area (Å²) in [6.45, 7) is 0. The van der Waals surface area contributed by atoms with E-state index in [1.807, 2.05) is 0 Å². The van der Waals surface area contributed by atoms with Crippen LogP contribution in [0.25, 0.3) is 0 Å². The highest BCUT2D eigenvalue weighted by Gasteiger charge is 2.19. The highest BCUT2D eigenvalue weighted by Crippen LogP contribution is 2.33. The van der Waals surface area contributed by atoms with Gasteiger partial charge in [-0.05, 0) is 28.1 Å². The number of nitrogens with two attached hydrogens (primary N) is 1. The van der Waals surface area contributed by atoms with Crippen molar-refractivity contribution in [2.24, 2.45) is 0 Å². The molecule has 1 aromatic carbocycles. The van der Waals surface area contributed by atoms with Crippen molar-refractivity contribution in [2.75, 3.05) is 26.9 Å². The van der Waals surface area contributed by atoms with E-state index in [0.717, 1.165) is 0 Å². The summed E-state index contributed by atoms with van der Waals surface area (Å²) >= 11 is 3.31. The second-order valence-electron chi connectivity index (χ2n) is 3.24. The van der Waals surface area contributed by atoms with Gasteiger partial charge in [0.25, 0.3) is 5.91 Å². The van der Waals surface area contributed by atoms with Crippen LogP contribution in [0, 0.1) is 0 Å². The highest BCUT2D eigenvalue weighted by atomic mass is 79.9. The lowest BCUT2D eigenvalue weighted by Gasteiger charge is -2.16. The number of hydrogen-bond donors (Lipinski definition) is 1. The third-order valence-corrected chi connectivity index (χ3v) is 2.62. The van der Waals surface area contributed by atoms with Gasteiger partial charge in [0.1, 0.15) is 0 Å². The molecule has 0 saturated carbocycles. The second-order valence-corrected chi connectivity index (χ2v) is 4.10. The van der Waals surface area contributed by atoms with Crippen LogP contribution in [0.4, 0.5) is 5.69 Å². The fraction of sp³-hybridized carbons (Fsp3) is 0.300. The van der Waals surface area contributed by atoms with Gasteiger partial charge < -0.3 is 15.4 Å². The molecule has 0 bridgehead atoms. The third kappa shape index (κ3) is 2.23. The number of amides is 1. The Kier molecular flexibility index (Phi) is 3.57. The molecule has 0 radical (unpaired) electrons. The number of benzene rings is 1. The second kappa shape index (κ2) is 4.53. The molecule has 1 rings (SSSR count). The van der Waals surface area contributed by atoms with Crippen LogP contribution in [0.15, 0.2) is 16.6 Å². The lowest BCUT2D eigenvalue weighted by atomic mass is 10.1. The molecule has 0 saturated heterocycles. The van der Waals surface area contributed by atoms with Crippen molar-refractivity contribution in [3.63, 3.8) is 0 Å². The first-order valence-corrected chi connectivity index (χ1v) is 5.12. The number of carbonyl (C=O) groups excluding carboxylic acids is 1. The van der Waals surface area contributed by atoms with Crippen molar-refractivity contribution < 1.29 is 9.53 Å². The van der Waals surface area contributed by atoms with Gasteiger partial charge in [0.15, 0.2) is 5.75 Å². The number of nitrogens with zero attached hydrogens (tertiary/aromatic N) is 1. The minimum absolute atomic E-state index is 0.147. The lowest BCUT2D eigenvalue weighted by Crippen LogP contribution is -2.23. The van der Waals surface area contributed by atoms with Crippen molar-refractivity contribution >= 4 is 27.5 Å². The van der Waals surface area contributed by atoms with E-state index in [0.29, 0.717) is 21.5 Å². The molecular formula is C10H13BrN2O2. The molecule has 0 spiro atoms. The Hall–Kier alpha value is -1.23. The third-order valence-electron chi connectivity index (χ3n) is 1.96. The Balaban J connectivity index is 3.37. The predicted octanol–water partition coefficient (Wildman–Crippen LogP) is 1.74. The molecular weight excluding hydrogens is 260 g/mol. The van der Waals surface area contributed by atoms with E-state index < -0.39 is 0 Å². The van der Waals surface area contributed by atoms with E-state index in [-0.39, 0.29) is 5.91 Å². The Morgan fingerprint density at radius 3 is 2.53 bits per heavy atom. The largest absolute Gasteiger partial charge is 0.494 e. The number of ether oxygens (including phenoxy) is 1. The minimum Gasteiger partial charge on any atom is -0.494 e. The van der Waals surface area contributed by atoms with Crippen LogP contribution in [0.2, 0.25) is 0 Å². The molecule has 0 unspecified atom stereocenters. The maximum Gasteiger partial charge on any atom is 0.258 e. The van der Waals surface area contributed by atoms with Crippen LogP contribution in [-0.4, -0.2) is 32.0 Å². The molecule has 2 N–H and O–H groups in total. The first kappa shape index (κ1) is 11.8. The number of methoxy groups -OCH3 is 1. The molecule has 5 heteroatoms. The van der Waals surface area contributed by atoms with Crippen LogP contribution < -0.4 is 10.5 Å². The van der Waals surface area contributed by atoms with Crippen LogP contribution in [0.1, 0.15) is 10.4 Å². The molecule has 0 fully saturated rings. The summed E-state index contributed by atoms with van der Waals surface area (Å²) in [6.07, 6.45) is 0. The van der Waals surface area contributed by atoms with Crippen LogP contribution in [-0.2, 0) is 0 Å². The quantitative estimate of drug-likeness (QED) is 0.835. The van der Waals surface area contributed by atoms with Crippen molar-refractivity contribution in [3.05, 3.63) is 22.2 Å². The van der Waals surface area contributed by atoms with Crippen molar-refractivity contribution in [1.82, 2.24) is 4.90 Å². The van der Waals surface area contributed by atoms with E-state index in [1.54, 1.807) is 26.2 Å². The molecule has 0 heterocycles. The predicted molar refractivity (Wildman–Crippen MR) is 63.1 cm³/mol. The summed E-state index contributed by atoms with van der Waals surface area (Å²) in [5.41, 5.74) is 6.62. The molecule has 4 nitrogen and oxygen atoms in total. The van der Waals surface area contributed by atoms with Crippen molar-refractivity contribution in [2.45, 2.75) is 0 Å². The Morgan fingerprint density at radius 1 is 1.47 bits per heavy atom. The summed E-state index contributed by atoms with van der Waals surface area (Å²) < 4.78 is 5.80. The smallest absolute Gasteiger partial charge is 0.258 e. The van der Waals surface area contributed by atoms with Crippen LogP contribution >= 0.6 is 15.9 Å². The molecule has 1 amide bonds. The normalized spacial score (nSPS) is 9.87. The molecule has 1 aromatic rings. The van der Waals surface area contributed by atoms with Gasteiger partial charge in [0, 0.05) is 18.6 Å². The molecule has 0 aliphatic rings. The maximum absolute atomic E-state index is 11.9. The van der Waals surface area contributed by atoms with Gasteiger partial charge in [-0.25, -0.2) is 0 Å². The number of rotatable bonds is 2. The number of halogens is 1. The van der Waals surface area contributed by atoms with E-state index in [9.17, 15) is 4.79 Å². The van der Waals surface area contributed by atoms with E-state index in [2.05, 4.69) is 15.9 Å². The SMILES string of the molecule is COc1c(N)ccc(Br)c1C(=O)N(C)C. The summed E-state index contributed by atoms with van der Waals surface area (Å²) in [5, 5.41) is 0. The molecule has 0 aliphatic carbocycles. The first-order valence-electron chi connectivity index (χ1n) is 4.32. The summed E-state index contributed by atoms with van der Waals surface area (Å²) in [7, 11) is 4.85. The van der Waals surface area contributed by atoms with E-state index in [4.69, 9.17) is 10.5 Å². The zero-order valence-corrected chi connectivity index (χ0v) is 10.5. The van der Waals surface area contributed by atoms with E-state index >= 15 is 0 Å². The Morgan fingerprint density at radius 2 is 2.07 bits per heavy atom. The zero-order valence-electron chi connectivity index (χ0n) is 8.87.